The largest absolute Gasteiger partial charge is 0.503 e. The third-order valence-corrected chi connectivity index (χ3v) is 4.49. The van der Waals surface area contributed by atoms with Gasteiger partial charge in [-0.15, -0.1) is 0 Å². The van der Waals surface area contributed by atoms with Gasteiger partial charge < -0.3 is 9.84 Å². The molecular formula is C19H13N3O5S. The maximum Gasteiger partial charge on any atom is 0.335 e. The number of barbiturate groups is 1. The predicted molar refractivity (Wildman–Crippen MR) is 102 cm³/mol. The van der Waals surface area contributed by atoms with Crippen molar-refractivity contribution in [3.8, 4) is 16.9 Å². The second-order valence-electron chi connectivity index (χ2n) is 5.56. The van der Waals surface area contributed by atoms with Gasteiger partial charge in [-0.3, -0.25) is 14.9 Å². The molecule has 1 aliphatic heterocycles. The Bertz CT molecular complexity index is 1040. The molecule has 0 spiro atoms. The van der Waals surface area contributed by atoms with Gasteiger partial charge in [-0.05, 0) is 47.7 Å². The minimum Gasteiger partial charge on any atom is -0.503 e. The number of aromatic hydroxyl groups is 1. The highest BCUT2D eigenvalue weighted by atomic mass is 32.2. The Morgan fingerprint density at radius 2 is 1.93 bits per heavy atom. The van der Waals surface area contributed by atoms with Gasteiger partial charge in [0.15, 0.2) is 11.5 Å². The van der Waals surface area contributed by atoms with Crippen LogP contribution in [-0.4, -0.2) is 30.1 Å². The van der Waals surface area contributed by atoms with Crippen LogP contribution in [0.2, 0.25) is 0 Å². The van der Waals surface area contributed by atoms with Crippen molar-refractivity contribution in [3.05, 3.63) is 53.6 Å². The number of carbonyl (C=O) groups excluding carboxylic acids is 3. The summed E-state index contributed by atoms with van der Waals surface area (Å²) in [6, 6.07) is 10.2. The summed E-state index contributed by atoms with van der Waals surface area (Å²) in [6.07, 6.45) is 1.27. The van der Waals surface area contributed by atoms with E-state index >= 15 is 0 Å². The van der Waals surface area contributed by atoms with E-state index in [0.29, 0.717) is 23.0 Å². The highest BCUT2D eigenvalue weighted by Gasteiger charge is 2.36. The zero-order chi connectivity index (χ0) is 20.3. The number of phenols is 1. The average Bonchev–Trinajstić information content (AvgIpc) is 2.68. The van der Waals surface area contributed by atoms with Crippen molar-refractivity contribution in [2.24, 2.45) is 0 Å². The zero-order valence-electron chi connectivity index (χ0n) is 14.5. The van der Waals surface area contributed by atoms with Crippen molar-refractivity contribution in [3.63, 3.8) is 0 Å². The molecule has 0 aliphatic carbocycles. The van der Waals surface area contributed by atoms with Crippen LogP contribution in [0.15, 0.2) is 52.9 Å². The number of urea groups is 1. The molecule has 1 aliphatic rings. The molecule has 0 saturated carbocycles. The molecule has 28 heavy (non-hydrogen) atoms. The highest BCUT2D eigenvalue weighted by molar-refractivity contribution is 8.03. The molecule has 0 aromatic heterocycles. The van der Waals surface area contributed by atoms with Crippen LogP contribution in [0.3, 0.4) is 0 Å². The molecule has 2 aromatic rings. The molecule has 2 aromatic carbocycles. The molecule has 4 amide bonds. The Kier molecular flexibility index (Phi) is 5.33. The topological polar surface area (TPSA) is 120 Å². The normalized spacial score (nSPS) is 15.4. The second kappa shape index (κ2) is 7.85. The molecule has 9 heteroatoms. The summed E-state index contributed by atoms with van der Waals surface area (Å²) >= 11 is 0.703. The van der Waals surface area contributed by atoms with Gasteiger partial charge in [-0.1, -0.05) is 18.2 Å². The van der Waals surface area contributed by atoms with E-state index in [-0.39, 0.29) is 22.0 Å². The van der Waals surface area contributed by atoms with Gasteiger partial charge in [0.1, 0.15) is 11.0 Å². The second-order valence-corrected chi connectivity index (χ2v) is 6.38. The number of anilines is 1. The van der Waals surface area contributed by atoms with Gasteiger partial charge in [0.2, 0.25) is 0 Å². The number of rotatable bonds is 4. The Morgan fingerprint density at radius 1 is 1.21 bits per heavy atom. The first-order chi connectivity index (χ1) is 13.5. The molecule has 1 heterocycles. The summed E-state index contributed by atoms with van der Waals surface area (Å²) in [5, 5.41) is 22.9. The fourth-order valence-electron chi connectivity index (χ4n) is 2.60. The lowest BCUT2D eigenvalue weighted by atomic mass is 10.1. The fourth-order valence-corrected chi connectivity index (χ4v) is 3.09. The van der Waals surface area contributed by atoms with Gasteiger partial charge in [0.05, 0.1) is 17.7 Å². The molecule has 2 N–H and O–H groups in total. The monoisotopic (exact) mass is 395 g/mol. The van der Waals surface area contributed by atoms with E-state index < -0.39 is 17.8 Å². The SMILES string of the molecule is COc1cc(/C=C2/C(=O)NC(=O)N(c3ccccc3)C2=O)cc(SC#N)c1O. The molecule has 0 atom stereocenters. The van der Waals surface area contributed by atoms with Crippen LogP contribution >= 0.6 is 11.8 Å². The number of nitriles is 1. The molecule has 3 rings (SSSR count). The van der Waals surface area contributed by atoms with Crippen molar-refractivity contribution < 1.29 is 24.2 Å². The number of nitrogens with one attached hydrogen (secondary N) is 1. The van der Waals surface area contributed by atoms with Gasteiger partial charge >= 0.3 is 6.03 Å². The van der Waals surface area contributed by atoms with E-state index in [9.17, 15) is 19.5 Å². The summed E-state index contributed by atoms with van der Waals surface area (Å²) in [5.74, 6) is -1.78. The number of phenolic OH excluding ortho intramolecular Hbond substituents is 1. The number of hydrogen-bond donors (Lipinski definition) is 2. The van der Waals surface area contributed by atoms with E-state index in [1.807, 2.05) is 5.40 Å². The van der Waals surface area contributed by atoms with Crippen LogP contribution in [0.25, 0.3) is 6.08 Å². The first kappa shape index (κ1) is 19.0. The summed E-state index contributed by atoms with van der Waals surface area (Å²) < 4.78 is 5.07. The Hall–Kier alpha value is -3.77. The Balaban J connectivity index is 2.07. The molecule has 140 valence electrons. The van der Waals surface area contributed by atoms with E-state index in [4.69, 9.17) is 10.00 Å². The first-order valence-electron chi connectivity index (χ1n) is 7.89. The van der Waals surface area contributed by atoms with Gasteiger partial charge in [-0.25, -0.2) is 9.69 Å². The number of nitrogens with zero attached hydrogens (tertiary/aromatic N) is 2. The molecule has 0 radical (unpaired) electrons. The predicted octanol–water partition coefficient (Wildman–Crippen LogP) is 2.64. The number of para-hydroxylation sites is 1. The summed E-state index contributed by atoms with van der Waals surface area (Å²) in [5.41, 5.74) is 0.379. The number of amides is 4. The van der Waals surface area contributed by atoms with Crippen LogP contribution in [-0.2, 0) is 9.59 Å². The van der Waals surface area contributed by atoms with Crippen molar-refractivity contribution in [1.29, 1.82) is 5.26 Å². The summed E-state index contributed by atoms with van der Waals surface area (Å²) in [6.45, 7) is 0. The quantitative estimate of drug-likeness (QED) is 0.353. The highest BCUT2D eigenvalue weighted by Crippen LogP contribution is 2.38. The standard InChI is InChI=1S/C19H13N3O5S/c1-27-14-8-11(9-15(16(14)23)28-10-20)7-13-17(24)21-19(26)22(18(13)25)12-5-3-2-4-6-12/h2-9,23H,1H3,(H,21,24,26)/b13-7-. The van der Waals surface area contributed by atoms with Gasteiger partial charge in [0.25, 0.3) is 11.8 Å². The van der Waals surface area contributed by atoms with E-state index in [1.54, 1.807) is 30.3 Å². The lowest BCUT2D eigenvalue weighted by Crippen LogP contribution is -2.54. The van der Waals surface area contributed by atoms with Gasteiger partial charge in [0, 0.05) is 0 Å². The smallest absolute Gasteiger partial charge is 0.335 e. The fraction of sp³-hybridized carbons (Fsp3) is 0.0526. The molecule has 8 nitrogen and oxygen atoms in total. The van der Waals surface area contributed by atoms with Crippen molar-refractivity contribution in [2.45, 2.75) is 4.90 Å². The molecule has 1 saturated heterocycles. The maximum absolute atomic E-state index is 12.8. The number of benzene rings is 2. The van der Waals surface area contributed by atoms with Crippen molar-refractivity contribution in [2.75, 3.05) is 12.0 Å². The first-order valence-corrected chi connectivity index (χ1v) is 8.71. The summed E-state index contributed by atoms with van der Waals surface area (Å²) in [4.78, 5) is 38.3. The average molecular weight is 395 g/mol. The van der Waals surface area contributed by atoms with Crippen LogP contribution in [0.1, 0.15) is 5.56 Å². The molecule has 1 fully saturated rings. The van der Waals surface area contributed by atoms with Crippen molar-refractivity contribution >= 4 is 41.4 Å². The lowest BCUT2D eigenvalue weighted by molar-refractivity contribution is -0.122. The minimum atomic E-state index is -0.845. The number of carbonyl (C=O) groups is 3. The molecule has 0 unspecified atom stereocenters. The third kappa shape index (κ3) is 3.54. The molecule has 0 bridgehead atoms. The lowest BCUT2D eigenvalue weighted by Gasteiger charge is -2.26. The van der Waals surface area contributed by atoms with Crippen LogP contribution in [0.4, 0.5) is 10.5 Å². The van der Waals surface area contributed by atoms with E-state index in [1.165, 1.54) is 25.3 Å². The number of imide groups is 2. The number of thioether (sulfide) groups is 1. The zero-order valence-corrected chi connectivity index (χ0v) is 15.3. The van der Waals surface area contributed by atoms with Gasteiger partial charge in [-0.2, -0.15) is 5.26 Å². The number of hydrogen-bond acceptors (Lipinski definition) is 7. The Morgan fingerprint density at radius 3 is 2.57 bits per heavy atom. The third-order valence-electron chi connectivity index (χ3n) is 3.86. The number of ether oxygens (including phenoxy) is 1. The number of thiocyanates is 1. The van der Waals surface area contributed by atoms with Crippen molar-refractivity contribution in [1.82, 2.24) is 5.32 Å². The summed E-state index contributed by atoms with van der Waals surface area (Å²) in [7, 11) is 1.33. The maximum atomic E-state index is 12.8. The number of methoxy groups -OCH3 is 1. The van der Waals surface area contributed by atoms with Crippen LogP contribution in [0, 0.1) is 10.7 Å². The van der Waals surface area contributed by atoms with Crippen LogP contribution in [0.5, 0.6) is 11.5 Å². The van der Waals surface area contributed by atoms with E-state index in [2.05, 4.69) is 5.32 Å². The Labute approximate surface area is 164 Å². The molecular weight excluding hydrogens is 382 g/mol. The van der Waals surface area contributed by atoms with Crippen LogP contribution < -0.4 is 15.0 Å². The minimum absolute atomic E-state index is 0.0757. The van der Waals surface area contributed by atoms with E-state index in [0.717, 1.165) is 4.90 Å².